The fourth-order valence-electron chi connectivity index (χ4n) is 2.79. The van der Waals surface area contributed by atoms with Crippen LogP contribution in [-0.2, 0) is 0 Å². The molecule has 1 heterocycles. The van der Waals surface area contributed by atoms with Crippen LogP contribution in [0, 0.1) is 18.8 Å². The number of anilines is 1. The number of rotatable bonds is 4. The number of nitrogens with one attached hydrogen (secondary N) is 2. The van der Waals surface area contributed by atoms with Crippen molar-refractivity contribution in [3.05, 3.63) is 23.5 Å². The summed E-state index contributed by atoms with van der Waals surface area (Å²) in [5.74, 6) is 1.41. The highest BCUT2D eigenvalue weighted by Gasteiger charge is 2.22. The minimum absolute atomic E-state index is 0.0311. The maximum Gasteiger partial charge on any atom is 0.254 e. The SMILES string of the molecule is CNc1cc(C)ncc1C(=O)NCC1CCC(C)C1. The predicted octanol–water partition coefficient (Wildman–Crippen LogP) is 2.60. The Morgan fingerprint density at radius 3 is 2.89 bits per heavy atom. The Labute approximate surface area is 115 Å². The van der Waals surface area contributed by atoms with Crippen LogP contribution in [0.5, 0.6) is 0 Å². The quantitative estimate of drug-likeness (QED) is 0.876. The van der Waals surface area contributed by atoms with Crippen LogP contribution in [0.4, 0.5) is 5.69 Å². The Morgan fingerprint density at radius 2 is 2.26 bits per heavy atom. The van der Waals surface area contributed by atoms with E-state index in [0.717, 1.165) is 23.8 Å². The maximum absolute atomic E-state index is 12.2. The van der Waals surface area contributed by atoms with E-state index >= 15 is 0 Å². The normalized spacial score (nSPS) is 22.3. The Hall–Kier alpha value is -1.58. The van der Waals surface area contributed by atoms with Crippen molar-refractivity contribution < 1.29 is 4.79 Å². The summed E-state index contributed by atoms with van der Waals surface area (Å²) in [4.78, 5) is 16.4. The van der Waals surface area contributed by atoms with Crippen LogP contribution in [0.25, 0.3) is 0 Å². The number of carbonyl (C=O) groups is 1. The molecule has 4 heteroatoms. The second kappa shape index (κ2) is 6.04. The number of carbonyl (C=O) groups excluding carboxylic acids is 1. The Balaban J connectivity index is 1.96. The van der Waals surface area contributed by atoms with Gasteiger partial charge in [0.25, 0.3) is 5.91 Å². The monoisotopic (exact) mass is 261 g/mol. The number of hydrogen-bond acceptors (Lipinski definition) is 3. The number of hydrogen-bond donors (Lipinski definition) is 2. The van der Waals surface area contributed by atoms with Gasteiger partial charge in [-0.2, -0.15) is 0 Å². The lowest BCUT2D eigenvalue weighted by atomic mass is 10.1. The number of nitrogens with zero attached hydrogens (tertiary/aromatic N) is 1. The van der Waals surface area contributed by atoms with Gasteiger partial charge in [-0.15, -0.1) is 0 Å². The Morgan fingerprint density at radius 1 is 1.47 bits per heavy atom. The summed E-state index contributed by atoms with van der Waals surface area (Å²) in [5.41, 5.74) is 2.37. The number of aromatic nitrogens is 1. The number of pyridine rings is 1. The van der Waals surface area contributed by atoms with E-state index < -0.39 is 0 Å². The lowest BCUT2D eigenvalue weighted by Crippen LogP contribution is -2.29. The van der Waals surface area contributed by atoms with Crippen LogP contribution in [-0.4, -0.2) is 24.5 Å². The van der Waals surface area contributed by atoms with E-state index in [1.807, 2.05) is 20.0 Å². The first-order chi connectivity index (χ1) is 9.10. The van der Waals surface area contributed by atoms with Crippen molar-refractivity contribution in [3.63, 3.8) is 0 Å². The molecule has 1 aliphatic rings. The maximum atomic E-state index is 12.2. The van der Waals surface area contributed by atoms with Gasteiger partial charge in [-0.25, -0.2) is 0 Å². The van der Waals surface area contributed by atoms with Crippen molar-refractivity contribution in [2.24, 2.45) is 11.8 Å². The molecule has 2 rings (SSSR count). The van der Waals surface area contributed by atoms with E-state index in [-0.39, 0.29) is 5.91 Å². The highest BCUT2D eigenvalue weighted by atomic mass is 16.1. The van der Waals surface area contributed by atoms with Gasteiger partial charge in [-0.3, -0.25) is 9.78 Å². The van der Waals surface area contributed by atoms with Crippen molar-refractivity contribution in [2.45, 2.75) is 33.1 Å². The second-order valence-electron chi connectivity index (χ2n) is 5.62. The first kappa shape index (κ1) is 13.8. The number of aryl methyl sites for hydroxylation is 1. The lowest BCUT2D eigenvalue weighted by Gasteiger charge is -2.13. The van der Waals surface area contributed by atoms with E-state index in [0.29, 0.717) is 11.5 Å². The van der Waals surface area contributed by atoms with Gasteiger partial charge in [-0.05, 0) is 37.7 Å². The standard InChI is InChI=1S/C15H23N3O/c1-10-4-5-12(6-10)8-18-15(19)13-9-17-11(2)7-14(13)16-3/h7,9-10,12H,4-6,8H2,1-3H3,(H,16,17)(H,18,19). The van der Waals surface area contributed by atoms with Gasteiger partial charge in [-0.1, -0.05) is 13.3 Å². The third kappa shape index (κ3) is 3.46. The molecule has 1 aliphatic carbocycles. The molecule has 4 nitrogen and oxygen atoms in total. The molecular weight excluding hydrogens is 238 g/mol. The van der Waals surface area contributed by atoms with Crippen LogP contribution in [0.2, 0.25) is 0 Å². The predicted molar refractivity (Wildman–Crippen MR) is 77.4 cm³/mol. The summed E-state index contributed by atoms with van der Waals surface area (Å²) in [5, 5.41) is 6.09. The summed E-state index contributed by atoms with van der Waals surface area (Å²) in [7, 11) is 1.82. The van der Waals surface area contributed by atoms with Crippen molar-refractivity contribution in [2.75, 3.05) is 18.9 Å². The zero-order valence-electron chi connectivity index (χ0n) is 12.0. The molecule has 104 valence electrons. The molecule has 19 heavy (non-hydrogen) atoms. The summed E-state index contributed by atoms with van der Waals surface area (Å²) >= 11 is 0. The molecule has 0 radical (unpaired) electrons. The molecule has 2 atom stereocenters. The first-order valence-electron chi connectivity index (χ1n) is 7.02. The summed E-state index contributed by atoms with van der Waals surface area (Å²) in [6.45, 7) is 4.98. The molecule has 0 saturated heterocycles. The van der Waals surface area contributed by atoms with Crippen LogP contribution in [0.1, 0.15) is 42.2 Å². The molecule has 1 aromatic heterocycles. The summed E-state index contributed by atoms with van der Waals surface area (Å²) < 4.78 is 0. The van der Waals surface area contributed by atoms with Gasteiger partial charge >= 0.3 is 0 Å². The van der Waals surface area contributed by atoms with Gasteiger partial charge in [0.2, 0.25) is 0 Å². The van der Waals surface area contributed by atoms with Gasteiger partial charge in [0.1, 0.15) is 0 Å². The highest BCUT2D eigenvalue weighted by molar-refractivity contribution is 5.99. The van der Waals surface area contributed by atoms with Crippen LogP contribution in [0.3, 0.4) is 0 Å². The number of amides is 1. The van der Waals surface area contributed by atoms with E-state index in [1.54, 1.807) is 6.20 Å². The van der Waals surface area contributed by atoms with E-state index in [4.69, 9.17) is 0 Å². The van der Waals surface area contributed by atoms with Crippen molar-refractivity contribution in [1.29, 1.82) is 0 Å². The summed E-state index contributed by atoms with van der Waals surface area (Å²) in [6, 6.07) is 1.90. The molecule has 1 saturated carbocycles. The average Bonchev–Trinajstić information content (AvgIpc) is 2.81. The third-order valence-corrected chi connectivity index (χ3v) is 3.91. The minimum atomic E-state index is -0.0311. The van der Waals surface area contributed by atoms with E-state index in [2.05, 4.69) is 22.5 Å². The van der Waals surface area contributed by atoms with E-state index in [9.17, 15) is 4.79 Å². The average molecular weight is 261 g/mol. The van der Waals surface area contributed by atoms with Gasteiger partial charge in [0, 0.05) is 25.5 Å². The molecule has 2 unspecified atom stereocenters. The molecule has 2 N–H and O–H groups in total. The van der Waals surface area contributed by atoms with Gasteiger partial charge in [0.05, 0.1) is 11.3 Å². The molecule has 0 spiro atoms. The molecule has 0 bridgehead atoms. The van der Waals surface area contributed by atoms with E-state index in [1.165, 1.54) is 19.3 Å². The lowest BCUT2D eigenvalue weighted by molar-refractivity contribution is 0.0947. The molecule has 0 aromatic carbocycles. The Bertz CT molecular complexity index is 459. The largest absolute Gasteiger partial charge is 0.387 e. The van der Waals surface area contributed by atoms with Crippen molar-refractivity contribution in [1.82, 2.24) is 10.3 Å². The highest BCUT2D eigenvalue weighted by Crippen LogP contribution is 2.29. The van der Waals surface area contributed by atoms with Crippen LogP contribution >= 0.6 is 0 Å². The third-order valence-electron chi connectivity index (χ3n) is 3.91. The molecular formula is C15H23N3O. The summed E-state index contributed by atoms with van der Waals surface area (Å²) in [6.07, 6.45) is 5.39. The molecule has 1 fully saturated rings. The topological polar surface area (TPSA) is 54.0 Å². The fourth-order valence-corrected chi connectivity index (χ4v) is 2.79. The smallest absolute Gasteiger partial charge is 0.254 e. The first-order valence-corrected chi connectivity index (χ1v) is 7.02. The van der Waals surface area contributed by atoms with Crippen LogP contribution in [0.15, 0.2) is 12.3 Å². The van der Waals surface area contributed by atoms with Gasteiger partial charge < -0.3 is 10.6 Å². The Kier molecular flexibility index (Phi) is 4.40. The zero-order valence-corrected chi connectivity index (χ0v) is 12.0. The van der Waals surface area contributed by atoms with Crippen molar-refractivity contribution >= 4 is 11.6 Å². The fraction of sp³-hybridized carbons (Fsp3) is 0.600. The zero-order chi connectivity index (χ0) is 13.8. The van der Waals surface area contributed by atoms with Crippen LogP contribution < -0.4 is 10.6 Å². The van der Waals surface area contributed by atoms with Crippen molar-refractivity contribution in [3.8, 4) is 0 Å². The second-order valence-corrected chi connectivity index (χ2v) is 5.62. The minimum Gasteiger partial charge on any atom is -0.387 e. The molecule has 0 aliphatic heterocycles. The molecule has 1 amide bonds. The molecule has 1 aromatic rings. The van der Waals surface area contributed by atoms with Gasteiger partial charge in [0.15, 0.2) is 0 Å².